The topological polar surface area (TPSA) is 65.3 Å². The van der Waals surface area contributed by atoms with E-state index < -0.39 is 31.0 Å². The zero-order chi connectivity index (χ0) is 13.5. The van der Waals surface area contributed by atoms with Gasteiger partial charge in [-0.2, -0.15) is 8.78 Å². The van der Waals surface area contributed by atoms with Crippen molar-refractivity contribution in [1.82, 2.24) is 4.90 Å². The number of allylic oxidation sites excluding steroid dienone is 1. The van der Waals surface area contributed by atoms with Crippen LogP contribution in [0.15, 0.2) is 29.7 Å². The normalized spacial score (nSPS) is 34.9. The van der Waals surface area contributed by atoms with E-state index in [1.807, 2.05) is 0 Å². The molecule has 0 aromatic heterocycles. The molecule has 2 heterocycles. The zero-order valence-electron chi connectivity index (χ0n) is 9.75. The van der Waals surface area contributed by atoms with Crippen molar-refractivity contribution in [2.45, 2.75) is 31.3 Å². The van der Waals surface area contributed by atoms with Gasteiger partial charge in [-0.15, -0.1) is 0 Å². The second kappa shape index (κ2) is 4.42. The van der Waals surface area contributed by atoms with Crippen molar-refractivity contribution < 1.29 is 23.7 Å². The molecule has 0 radical (unpaired) electrons. The summed E-state index contributed by atoms with van der Waals surface area (Å²) >= 11 is 0. The fourth-order valence-corrected chi connectivity index (χ4v) is 1.90. The summed E-state index contributed by atoms with van der Waals surface area (Å²) in [7, 11) is 0. The average Bonchev–Trinajstić information content (AvgIpc) is 2.52. The third-order valence-corrected chi connectivity index (χ3v) is 2.89. The number of aliphatic hydroxyl groups is 2. The molecule has 2 N–H and O–H groups in total. The maximum Gasteiger partial charge on any atom is 0.320 e. The molecule has 0 spiro atoms. The van der Waals surface area contributed by atoms with Gasteiger partial charge in [0.15, 0.2) is 6.10 Å². The minimum Gasteiger partial charge on any atom is -0.394 e. The monoisotopic (exact) mass is 260 g/mol. The second-order valence-electron chi connectivity index (χ2n) is 4.22. The number of nitrogens with zero attached hydrogens (tertiary/aromatic N) is 2. The van der Waals surface area contributed by atoms with Crippen LogP contribution in [0, 0.1) is 0 Å². The summed E-state index contributed by atoms with van der Waals surface area (Å²) in [5.41, 5.74) is 0.636. The quantitative estimate of drug-likeness (QED) is 0.757. The van der Waals surface area contributed by atoms with E-state index in [4.69, 9.17) is 9.84 Å². The molecule has 1 saturated heterocycles. The number of alkyl halides is 2. The van der Waals surface area contributed by atoms with Crippen LogP contribution in [0.4, 0.5) is 8.78 Å². The molecule has 0 aromatic rings. The van der Waals surface area contributed by atoms with E-state index in [-0.39, 0.29) is 5.82 Å². The molecule has 0 bridgehead atoms. The maximum absolute atomic E-state index is 13.8. The standard InChI is InChI=1S/C11H14F2N2O3/c1-6-3-4-15(7(2)14-6)10-11(12,13)9(17)8(5-16)18-10/h3-4,8-10,16-17H,2,5H2,1H3. The van der Waals surface area contributed by atoms with Gasteiger partial charge in [0.05, 0.1) is 6.61 Å². The van der Waals surface area contributed by atoms with Gasteiger partial charge < -0.3 is 19.8 Å². The molecule has 2 rings (SSSR count). The van der Waals surface area contributed by atoms with Crippen molar-refractivity contribution in [3.8, 4) is 0 Å². The molecule has 0 aliphatic carbocycles. The zero-order valence-corrected chi connectivity index (χ0v) is 9.75. The number of ether oxygens (including phenoxy) is 1. The first kappa shape index (κ1) is 13.1. The van der Waals surface area contributed by atoms with E-state index in [0.717, 1.165) is 4.90 Å². The lowest BCUT2D eigenvalue weighted by atomic mass is 10.1. The summed E-state index contributed by atoms with van der Waals surface area (Å²) in [5.74, 6) is -3.41. The molecule has 3 atom stereocenters. The predicted octanol–water partition coefficient (Wildman–Crippen LogP) is 0.461. The molecule has 18 heavy (non-hydrogen) atoms. The lowest BCUT2D eigenvalue weighted by Gasteiger charge is -2.32. The van der Waals surface area contributed by atoms with E-state index in [1.54, 1.807) is 6.92 Å². The Morgan fingerprint density at radius 2 is 2.28 bits per heavy atom. The van der Waals surface area contributed by atoms with Crippen molar-refractivity contribution in [3.63, 3.8) is 0 Å². The Kier molecular flexibility index (Phi) is 3.22. The highest BCUT2D eigenvalue weighted by molar-refractivity contribution is 5.94. The van der Waals surface area contributed by atoms with Gasteiger partial charge in [-0.3, -0.25) is 0 Å². The highest BCUT2D eigenvalue weighted by Gasteiger charge is 2.60. The molecule has 1 fully saturated rings. The van der Waals surface area contributed by atoms with Crippen LogP contribution >= 0.6 is 0 Å². The number of rotatable bonds is 2. The molecule has 7 heteroatoms. The highest BCUT2D eigenvalue weighted by atomic mass is 19.3. The van der Waals surface area contributed by atoms with Crippen LogP contribution in [0.3, 0.4) is 0 Å². The molecule has 2 aliphatic heterocycles. The van der Waals surface area contributed by atoms with Crippen molar-refractivity contribution in [2.24, 2.45) is 4.99 Å². The fourth-order valence-electron chi connectivity index (χ4n) is 1.90. The van der Waals surface area contributed by atoms with Crippen LogP contribution < -0.4 is 0 Å². The third kappa shape index (κ3) is 1.94. The van der Waals surface area contributed by atoms with E-state index in [9.17, 15) is 13.9 Å². The summed E-state index contributed by atoms with van der Waals surface area (Å²) in [6.07, 6.45) is -2.19. The number of hydrogen-bond acceptors (Lipinski definition) is 5. The van der Waals surface area contributed by atoms with Gasteiger partial charge in [0, 0.05) is 11.9 Å². The lowest BCUT2D eigenvalue weighted by molar-refractivity contribution is -0.148. The van der Waals surface area contributed by atoms with Gasteiger partial charge >= 0.3 is 5.92 Å². The largest absolute Gasteiger partial charge is 0.394 e. The minimum atomic E-state index is -3.51. The molecule has 0 amide bonds. The van der Waals surface area contributed by atoms with Gasteiger partial charge in [-0.1, -0.05) is 6.58 Å². The Morgan fingerprint density at radius 3 is 2.78 bits per heavy atom. The number of aliphatic imine (C=N–C) groups is 1. The van der Waals surface area contributed by atoms with Crippen LogP contribution in [0.2, 0.25) is 0 Å². The molecule has 5 nitrogen and oxygen atoms in total. The molecule has 3 unspecified atom stereocenters. The molecular formula is C11H14F2N2O3. The highest BCUT2D eigenvalue weighted by Crippen LogP contribution is 2.39. The van der Waals surface area contributed by atoms with Crippen molar-refractivity contribution >= 4 is 5.71 Å². The fraction of sp³-hybridized carbons (Fsp3) is 0.545. The van der Waals surface area contributed by atoms with E-state index in [1.165, 1.54) is 12.3 Å². The molecule has 0 aromatic carbocycles. The third-order valence-electron chi connectivity index (χ3n) is 2.89. The maximum atomic E-state index is 13.8. The Morgan fingerprint density at radius 1 is 1.61 bits per heavy atom. The first-order chi connectivity index (χ1) is 8.37. The predicted molar refractivity (Wildman–Crippen MR) is 59.9 cm³/mol. The van der Waals surface area contributed by atoms with Gasteiger partial charge in [0.1, 0.15) is 11.9 Å². The van der Waals surface area contributed by atoms with Crippen LogP contribution in [-0.4, -0.2) is 51.8 Å². The molecular weight excluding hydrogens is 246 g/mol. The molecule has 2 aliphatic rings. The Labute approximate surface area is 103 Å². The lowest BCUT2D eigenvalue weighted by Crippen LogP contribution is -2.47. The first-order valence-electron chi connectivity index (χ1n) is 5.41. The second-order valence-corrected chi connectivity index (χ2v) is 4.22. The van der Waals surface area contributed by atoms with Gasteiger partial charge in [0.2, 0.25) is 6.23 Å². The van der Waals surface area contributed by atoms with Gasteiger partial charge in [-0.25, -0.2) is 4.99 Å². The molecule has 100 valence electrons. The van der Waals surface area contributed by atoms with Crippen molar-refractivity contribution in [1.29, 1.82) is 0 Å². The number of halogens is 2. The number of hydrogen-bond donors (Lipinski definition) is 2. The number of aliphatic hydroxyl groups excluding tert-OH is 2. The summed E-state index contributed by atoms with van der Waals surface area (Å²) in [6.45, 7) is 4.59. The first-order valence-corrected chi connectivity index (χ1v) is 5.41. The SMILES string of the molecule is C=C1N=C(C)C=CN1C1OC(CO)C(O)C1(F)F. The summed E-state index contributed by atoms with van der Waals surface area (Å²) in [6, 6.07) is 0. The van der Waals surface area contributed by atoms with E-state index in [2.05, 4.69) is 11.6 Å². The van der Waals surface area contributed by atoms with Crippen LogP contribution in [0.5, 0.6) is 0 Å². The average molecular weight is 260 g/mol. The summed E-state index contributed by atoms with van der Waals surface area (Å²) < 4.78 is 32.7. The van der Waals surface area contributed by atoms with Gasteiger partial charge in [0.25, 0.3) is 0 Å². The Bertz CT molecular complexity index is 423. The summed E-state index contributed by atoms with van der Waals surface area (Å²) in [5, 5.41) is 18.3. The van der Waals surface area contributed by atoms with Crippen molar-refractivity contribution in [2.75, 3.05) is 6.61 Å². The van der Waals surface area contributed by atoms with Crippen LogP contribution in [-0.2, 0) is 4.74 Å². The van der Waals surface area contributed by atoms with Crippen LogP contribution in [0.25, 0.3) is 0 Å². The Hall–Kier alpha value is -1.31. The van der Waals surface area contributed by atoms with E-state index in [0.29, 0.717) is 5.71 Å². The van der Waals surface area contributed by atoms with E-state index >= 15 is 0 Å². The van der Waals surface area contributed by atoms with Crippen molar-refractivity contribution in [3.05, 3.63) is 24.7 Å². The Balaban J connectivity index is 2.25. The van der Waals surface area contributed by atoms with Crippen LogP contribution in [0.1, 0.15) is 6.92 Å². The minimum absolute atomic E-state index is 0.102. The molecule has 0 saturated carbocycles. The summed E-state index contributed by atoms with van der Waals surface area (Å²) in [4.78, 5) is 5.00. The van der Waals surface area contributed by atoms with Gasteiger partial charge in [-0.05, 0) is 13.0 Å². The smallest absolute Gasteiger partial charge is 0.320 e.